The SMILES string of the molecule is CCNCCOC1CS(=O)(=O)CC1O. The fourth-order valence-corrected chi connectivity index (χ4v) is 3.11. The van der Waals surface area contributed by atoms with Gasteiger partial charge in [-0.2, -0.15) is 0 Å². The van der Waals surface area contributed by atoms with E-state index in [1.807, 2.05) is 6.92 Å². The van der Waals surface area contributed by atoms with Gasteiger partial charge in [-0.05, 0) is 6.54 Å². The van der Waals surface area contributed by atoms with Crippen LogP contribution >= 0.6 is 0 Å². The Kier molecular flexibility index (Phi) is 4.31. The summed E-state index contributed by atoms with van der Waals surface area (Å²) >= 11 is 0. The maximum absolute atomic E-state index is 11.1. The standard InChI is InChI=1S/C8H17NO4S/c1-2-9-3-4-13-8-6-14(11,12)5-7(8)10/h7-10H,2-6H2,1H3. The van der Waals surface area contributed by atoms with Crippen molar-refractivity contribution in [3.05, 3.63) is 0 Å². The van der Waals surface area contributed by atoms with Gasteiger partial charge in [-0.1, -0.05) is 6.92 Å². The molecule has 6 heteroatoms. The summed E-state index contributed by atoms with van der Waals surface area (Å²) in [6.45, 7) is 3.95. The van der Waals surface area contributed by atoms with E-state index < -0.39 is 22.0 Å². The number of likely N-dealkylation sites (N-methyl/N-ethyl adjacent to an activating group) is 1. The first-order chi connectivity index (χ1) is 6.55. The number of rotatable bonds is 5. The molecule has 1 fully saturated rings. The smallest absolute Gasteiger partial charge is 0.155 e. The largest absolute Gasteiger partial charge is 0.389 e. The molecule has 0 aromatic rings. The van der Waals surface area contributed by atoms with Crippen LogP contribution in [0.15, 0.2) is 0 Å². The minimum Gasteiger partial charge on any atom is -0.389 e. The van der Waals surface area contributed by atoms with Crippen LogP contribution < -0.4 is 5.32 Å². The highest BCUT2D eigenvalue weighted by Gasteiger charge is 2.36. The van der Waals surface area contributed by atoms with Crippen molar-refractivity contribution in [3.8, 4) is 0 Å². The molecule has 1 aliphatic heterocycles. The van der Waals surface area contributed by atoms with Crippen molar-refractivity contribution in [2.24, 2.45) is 0 Å². The van der Waals surface area contributed by atoms with Crippen molar-refractivity contribution in [2.75, 3.05) is 31.2 Å². The highest BCUT2D eigenvalue weighted by atomic mass is 32.2. The lowest BCUT2D eigenvalue weighted by molar-refractivity contribution is -0.00593. The maximum Gasteiger partial charge on any atom is 0.155 e. The van der Waals surface area contributed by atoms with Crippen LogP contribution in [-0.4, -0.2) is 56.9 Å². The van der Waals surface area contributed by atoms with E-state index in [0.717, 1.165) is 6.54 Å². The Morgan fingerprint density at radius 2 is 2.21 bits per heavy atom. The summed E-state index contributed by atoms with van der Waals surface area (Å²) in [4.78, 5) is 0. The average Bonchev–Trinajstić information content (AvgIpc) is 2.34. The van der Waals surface area contributed by atoms with Gasteiger partial charge < -0.3 is 15.2 Å². The van der Waals surface area contributed by atoms with Crippen molar-refractivity contribution in [2.45, 2.75) is 19.1 Å². The second-order valence-electron chi connectivity index (χ2n) is 3.41. The number of nitrogens with one attached hydrogen (secondary N) is 1. The van der Waals surface area contributed by atoms with Gasteiger partial charge in [-0.25, -0.2) is 8.42 Å². The van der Waals surface area contributed by atoms with Crippen LogP contribution in [0.1, 0.15) is 6.92 Å². The topological polar surface area (TPSA) is 75.6 Å². The van der Waals surface area contributed by atoms with Crippen molar-refractivity contribution in [1.82, 2.24) is 5.32 Å². The highest BCUT2D eigenvalue weighted by Crippen LogP contribution is 2.15. The molecule has 2 N–H and O–H groups in total. The van der Waals surface area contributed by atoms with E-state index in [-0.39, 0.29) is 11.5 Å². The molecule has 2 unspecified atom stereocenters. The summed E-state index contributed by atoms with van der Waals surface area (Å²) in [5.41, 5.74) is 0. The first kappa shape index (κ1) is 11.9. The van der Waals surface area contributed by atoms with E-state index in [1.165, 1.54) is 0 Å². The second kappa shape index (κ2) is 5.06. The molecule has 0 spiro atoms. The van der Waals surface area contributed by atoms with Crippen LogP contribution in [0.5, 0.6) is 0 Å². The third-order valence-corrected chi connectivity index (χ3v) is 3.82. The Hall–Kier alpha value is -0.170. The number of sulfone groups is 1. The normalized spacial score (nSPS) is 30.7. The van der Waals surface area contributed by atoms with Crippen LogP contribution in [0.2, 0.25) is 0 Å². The average molecular weight is 223 g/mol. The Labute approximate surface area is 84.4 Å². The van der Waals surface area contributed by atoms with Crippen LogP contribution in [0, 0.1) is 0 Å². The van der Waals surface area contributed by atoms with Gasteiger partial charge in [0.25, 0.3) is 0 Å². The minimum atomic E-state index is -3.08. The van der Waals surface area contributed by atoms with E-state index in [9.17, 15) is 13.5 Å². The highest BCUT2D eigenvalue weighted by molar-refractivity contribution is 7.91. The number of ether oxygens (including phenoxy) is 1. The van der Waals surface area contributed by atoms with Gasteiger partial charge in [0.2, 0.25) is 0 Å². The molecule has 1 heterocycles. The van der Waals surface area contributed by atoms with E-state index >= 15 is 0 Å². The van der Waals surface area contributed by atoms with Gasteiger partial charge in [0, 0.05) is 6.54 Å². The molecule has 0 bridgehead atoms. The number of hydrogen-bond acceptors (Lipinski definition) is 5. The van der Waals surface area contributed by atoms with Crippen LogP contribution in [0.25, 0.3) is 0 Å². The Morgan fingerprint density at radius 3 is 2.71 bits per heavy atom. The summed E-state index contributed by atoms with van der Waals surface area (Å²) in [6, 6.07) is 0. The summed E-state index contributed by atoms with van der Waals surface area (Å²) in [6.07, 6.45) is -1.40. The van der Waals surface area contributed by atoms with Gasteiger partial charge in [-0.15, -0.1) is 0 Å². The zero-order valence-electron chi connectivity index (χ0n) is 8.27. The molecule has 0 amide bonds. The van der Waals surface area contributed by atoms with Crippen molar-refractivity contribution < 1.29 is 18.3 Å². The molecule has 1 rings (SSSR count). The molecule has 1 saturated heterocycles. The van der Waals surface area contributed by atoms with Crippen molar-refractivity contribution >= 4 is 9.84 Å². The second-order valence-corrected chi connectivity index (χ2v) is 5.56. The zero-order valence-corrected chi connectivity index (χ0v) is 9.09. The molecule has 14 heavy (non-hydrogen) atoms. The van der Waals surface area contributed by atoms with Gasteiger partial charge in [-0.3, -0.25) is 0 Å². The molecular weight excluding hydrogens is 206 g/mol. The number of hydrogen-bond donors (Lipinski definition) is 2. The van der Waals surface area contributed by atoms with Gasteiger partial charge in [0.05, 0.1) is 30.3 Å². The van der Waals surface area contributed by atoms with Crippen molar-refractivity contribution in [3.63, 3.8) is 0 Å². The summed E-state index contributed by atoms with van der Waals surface area (Å²) < 4.78 is 27.4. The Morgan fingerprint density at radius 1 is 1.50 bits per heavy atom. The van der Waals surface area contributed by atoms with Crippen LogP contribution in [-0.2, 0) is 14.6 Å². The predicted molar refractivity (Wildman–Crippen MR) is 52.9 cm³/mol. The first-order valence-electron chi connectivity index (χ1n) is 4.76. The summed E-state index contributed by atoms with van der Waals surface area (Å²) in [7, 11) is -3.08. The lowest BCUT2D eigenvalue weighted by Crippen LogP contribution is -2.30. The Balaban J connectivity index is 2.25. The number of aliphatic hydroxyl groups is 1. The predicted octanol–water partition coefficient (Wildman–Crippen LogP) is -1.23. The lowest BCUT2D eigenvalue weighted by atomic mass is 10.3. The zero-order chi connectivity index (χ0) is 10.6. The lowest BCUT2D eigenvalue weighted by Gasteiger charge is -2.13. The molecule has 2 atom stereocenters. The third-order valence-electron chi connectivity index (χ3n) is 2.13. The van der Waals surface area contributed by atoms with E-state index in [0.29, 0.717) is 13.2 Å². The fourth-order valence-electron chi connectivity index (χ4n) is 1.42. The quantitative estimate of drug-likeness (QED) is 0.571. The van der Waals surface area contributed by atoms with E-state index in [4.69, 9.17) is 4.74 Å². The molecule has 0 radical (unpaired) electrons. The molecular formula is C8H17NO4S. The monoisotopic (exact) mass is 223 g/mol. The minimum absolute atomic E-state index is 0.0553. The summed E-state index contributed by atoms with van der Waals surface area (Å²) in [5, 5.41) is 12.4. The van der Waals surface area contributed by atoms with Crippen LogP contribution in [0.3, 0.4) is 0 Å². The molecule has 84 valence electrons. The molecule has 0 saturated carbocycles. The molecule has 0 aromatic carbocycles. The van der Waals surface area contributed by atoms with Crippen LogP contribution in [0.4, 0.5) is 0 Å². The molecule has 0 aliphatic carbocycles. The number of aliphatic hydroxyl groups excluding tert-OH is 1. The van der Waals surface area contributed by atoms with Gasteiger partial charge in [0.15, 0.2) is 9.84 Å². The molecule has 1 aliphatic rings. The first-order valence-corrected chi connectivity index (χ1v) is 6.58. The maximum atomic E-state index is 11.1. The van der Waals surface area contributed by atoms with Gasteiger partial charge >= 0.3 is 0 Å². The fraction of sp³-hybridized carbons (Fsp3) is 1.00. The third kappa shape index (κ3) is 3.53. The molecule has 0 aromatic heterocycles. The Bertz CT molecular complexity index is 265. The van der Waals surface area contributed by atoms with E-state index in [1.54, 1.807) is 0 Å². The van der Waals surface area contributed by atoms with E-state index in [2.05, 4.69) is 5.32 Å². The summed E-state index contributed by atoms with van der Waals surface area (Å²) in [5.74, 6) is -0.223. The van der Waals surface area contributed by atoms with Gasteiger partial charge in [0.1, 0.15) is 0 Å². The van der Waals surface area contributed by atoms with Crippen molar-refractivity contribution in [1.29, 1.82) is 0 Å². The molecule has 5 nitrogen and oxygen atoms in total.